The Balaban J connectivity index is 1.36. The van der Waals surface area contributed by atoms with Crippen molar-refractivity contribution in [3.63, 3.8) is 0 Å². The normalized spacial score (nSPS) is 16.2. The first-order valence-corrected chi connectivity index (χ1v) is 20.9. The highest BCUT2D eigenvalue weighted by Gasteiger charge is 2.41. The lowest BCUT2D eigenvalue weighted by atomic mass is 9.76. The van der Waals surface area contributed by atoms with Gasteiger partial charge in [-0.1, -0.05) is 148 Å². The van der Waals surface area contributed by atoms with E-state index in [0.717, 1.165) is 0 Å². The number of pyridine rings is 1. The fourth-order valence-electron chi connectivity index (χ4n) is 9.52. The highest BCUT2D eigenvalue weighted by Crippen LogP contribution is 2.42. The predicted molar refractivity (Wildman–Crippen MR) is 211 cm³/mol. The van der Waals surface area contributed by atoms with Crippen LogP contribution in [0.4, 0.5) is 0 Å². The van der Waals surface area contributed by atoms with Gasteiger partial charge in [0.25, 0.3) is 0 Å². The Bertz CT molecular complexity index is 1940. The Kier molecular flexibility index (Phi) is 9.08. The number of rotatable bonds is 7. The monoisotopic (exact) mass is 656 g/mol. The van der Waals surface area contributed by atoms with Crippen LogP contribution in [0.3, 0.4) is 0 Å². The average molecular weight is 657 g/mol. The Hall–Kier alpha value is -4.27. The zero-order valence-corrected chi connectivity index (χ0v) is 30.4. The average Bonchev–Trinajstić information content (AvgIpc) is 3.17. The molecular formula is C47H50NSi+. The molecule has 5 aromatic carbocycles. The van der Waals surface area contributed by atoms with Gasteiger partial charge in [0.1, 0.15) is 7.05 Å². The van der Waals surface area contributed by atoms with Crippen LogP contribution in [0, 0.1) is 6.92 Å². The van der Waals surface area contributed by atoms with Gasteiger partial charge in [0, 0.05) is 6.07 Å². The molecule has 0 N–H and O–H groups in total. The maximum Gasteiger partial charge on any atom is 0.220 e. The Labute approximate surface area is 294 Å². The summed E-state index contributed by atoms with van der Waals surface area (Å²) in [5.74, 6) is 1.38. The van der Waals surface area contributed by atoms with Crippen LogP contribution in [0.1, 0.15) is 92.7 Å². The quantitative estimate of drug-likeness (QED) is 0.0917. The molecule has 0 unspecified atom stereocenters. The van der Waals surface area contributed by atoms with Crippen molar-refractivity contribution in [2.45, 2.75) is 83.0 Å². The van der Waals surface area contributed by atoms with Crippen molar-refractivity contribution >= 4 is 39.6 Å². The van der Waals surface area contributed by atoms with Gasteiger partial charge in [-0.05, 0) is 99.4 Å². The molecule has 2 saturated carbocycles. The Morgan fingerprint density at radius 2 is 1.06 bits per heavy atom. The fraction of sp³-hybridized carbons (Fsp3) is 0.298. The number of aromatic nitrogens is 1. The van der Waals surface area contributed by atoms with Crippen LogP contribution in [0.25, 0.3) is 22.0 Å². The Morgan fingerprint density at radius 3 is 1.61 bits per heavy atom. The third-order valence-electron chi connectivity index (χ3n) is 12.0. The highest BCUT2D eigenvalue weighted by atomic mass is 28.3. The zero-order valence-electron chi connectivity index (χ0n) is 29.4. The second kappa shape index (κ2) is 13.9. The number of hydrogen-bond donors (Lipinski definition) is 0. The maximum absolute atomic E-state index is 2.66. The summed E-state index contributed by atoms with van der Waals surface area (Å²) in [5, 5.41) is 8.36. The van der Waals surface area contributed by atoms with Gasteiger partial charge < -0.3 is 0 Å². The molecule has 49 heavy (non-hydrogen) atoms. The standard InChI is InChI=1S/C47H50NSi/c1-35-45(37-20-10-4-11-21-37)33-39(36-18-8-3-9-19-36)34-46(35)47-44-29-28-43(32-38(44)30-31-48(47)2)49(40-22-12-5-13-23-40,41-24-14-6-15-25-41)42-26-16-7-17-27-42/h5-7,12-17,22-34,36-37H,3-4,8-11,18-21H2,1-2H3/q+1. The van der Waals surface area contributed by atoms with E-state index in [1.54, 1.807) is 11.1 Å². The summed E-state index contributed by atoms with van der Waals surface area (Å²) in [6.07, 6.45) is 15.9. The number of benzene rings is 5. The van der Waals surface area contributed by atoms with Gasteiger partial charge in [0.2, 0.25) is 5.69 Å². The lowest BCUT2D eigenvalue weighted by molar-refractivity contribution is -0.659. The third kappa shape index (κ3) is 5.89. The van der Waals surface area contributed by atoms with E-state index in [4.69, 9.17) is 0 Å². The molecule has 2 aliphatic carbocycles. The topological polar surface area (TPSA) is 3.88 Å². The van der Waals surface area contributed by atoms with Gasteiger partial charge in [0.15, 0.2) is 14.3 Å². The predicted octanol–water partition coefficient (Wildman–Crippen LogP) is 9.11. The first-order chi connectivity index (χ1) is 24.1. The van der Waals surface area contributed by atoms with Crippen molar-refractivity contribution in [2.24, 2.45) is 7.05 Å². The molecule has 246 valence electrons. The number of fused-ring (bicyclic) bond motifs is 1. The van der Waals surface area contributed by atoms with Gasteiger partial charge in [0.05, 0.1) is 10.9 Å². The van der Waals surface area contributed by atoms with Crippen LogP contribution < -0.4 is 25.3 Å². The van der Waals surface area contributed by atoms with Gasteiger partial charge in [-0.2, -0.15) is 0 Å². The number of nitrogens with zero attached hydrogens (tertiary/aromatic N) is 1. The fourth-order valence-corrected chi connectivity index (χ4v) is 14.3. The summed E-state index contributed by atoms with van der Waals surface area (Å²) < 4.78 is 2.40. The summed E-state index contributed by atoms with van der Waals surface area (Å²) in [6, 6.07) is 49.0. The molecular weight excluding hydrogens is 607 g/mol. The van der Waals surface area contributed by atoms with Crippen LogP contribution in [0.2, 0.25) is 0 Å². The molecule has 0 radical (unpaired) electrons. The van der Waals surface area contributed by atoms with Gasteiger partial charge in [-0.15, -0.1) is 0 Å². The van der Waals surface area contributed by atoms with E-state index in [1.807, 2.05) is 0 Å². The minimum Gasteiger partial charge on any atom is -0.200 e. The second-order valence-corrected chi connectivity index (χ2v) is 18.7. The molecule has 1 nitrogen and oxygen atoms in total. The molecule has 2 heteroatoms. The molecule has 0 spiro atoms. The lowest BCUT2D eigenvalue weighted by Crippen LogP contribution is -2.74. The smallest absolute Gasteiger partial charge is 0.200 e. The molecule has 6 aromatic rings. The van der Waals surface area contributed by atoms with Crippen molar-refractivity contribution in [1.82, 2.24) is 0 Å². The van der Waals surface area contributed by atoms with Crippen LogP contribution in [0.5, 0.6) is 0 Å². The minimum atomic E-state index is -2.61. The first kappa shape index (κ1) is 32.0. The van der Waals surface area contributed by atoms with E-state index in [0.29, 0.717) is 11.8 Å². The molecule has 0 bridgehead atoms. The van der Waals surface area contributed by atoms with E-state index < -0.39 is 8.07 Å². The lowest BCUT2D eigenvalue weighted by Gasteiger charge is -2.34. The summed E-state index contributed by atoms with van der Waals surface area (Å²) in [6.45, 7) is 2.43. The third-order valence-corrected chi connectivity index (χ3v) is 16.8. The molecule has 0 amide bonds. The molecule has 0 aliphatic heterocycles. The largest absolute Gasteiger partial charge is 0.220 e. The number of aryl methyl sites for hydroxylation is 1. The Morgan fingerprint density at radius 1 is 0.531 bits per heavy atom. The molecule has 8 rings (SSSR count). The van der Waals surface area contributed by atoms with E-state index in [2.05, 4.69) is 152 Å². The van der Waals surface area contributed by atoms with Crippen molar-refractivity contribution < 1.29 is 4.57 Å². The zero-order chi connectivity index (χ0) is 33.2. The van der Waals surface area contributed by atoms with Crippen molar-refractivity contribution in [2.75, 3.05) is 0 Å². The molecule has 1 aromatic heterocycles. The van der Waals surface area contributed by atoms with E-state index in [-0.39, 0.29) is 0 Å². The van der Waals surface area contributed by atoms with Crippen LogP contribution in [-0.2, 0) is 7.05 Å². The molecule has 0 saturated heterocycles. The van der Waals surface area contributed by atoms with Crippen molar-refractivity contribution in [3.05, 3.63) is 150 Å². The van der Waals surface area contributed by atoms with Gasteiger partial charge >= 0.3 is 0 Å². The summed E-state index contributed by atoms with van der Waals surface area (Å²) in [5.41, 5.74) is 7.54. The van der Waals surface area contributed by atoms with Crippen LogP contribution in [-0.4, -0.2) is 8.07 Å². The molecule has 2 aliphatic rings. The van der Waals surface area contributed by atoms with Crippen LogP contribution in [0.15, 0.2) is 134 Å². The second-order valence-electron chi connectivity index (χ2n) is 14.9. The van der Waals surface area contributed by atoms with Crippen LogP contribution >= 0.6 is 0 Å². The maximum atomic E-state index is 2.66. The summed E-state index contributed by atoms with van der Waals surface area (Å²) >= 11 is 0. The summed E-state index contributed by atoms with van der Waals surface area (Å²) in [7, 11) is -0.352. The van der Waals surface area contributed by atoms with Crippen molar-refractivity contribution in [1.29, 1.82) is 0 Å². The number of hydrogen-bond acceptors (Lipinski definition) is 0. The van der Waals surface area contributed by atoms with Gasteiger partial charge in [-0.3, -0.25) is 0 Å². The summed E-state index contributed by atoms with van der Waals surface area (Å²) in [4.78, 5) is 0. The SMILES string of the molecule is Cc1c(-c2c3ccc([Si](c4ccccc4)(c4ccccc4)c4ccccc4)cc3cc[n+]2C)cc(C2CCCCC2)cc1C1CCCCC1. The van der Waals surface area contributed by atoms with E-state index >= 15 is 0 Å². The molecule has 2 fully saturated rings. The first-order valence-electron chi connectivity index (χ1n) is 18.9. The minimum absolute atomic E-state index is 0.691. The van der Waals surface area contributed by atoms with E-state index in [1.165, 1.54) is 113 Å². The highest BCUT2D eigenvalue weighted by molar-refractivity contribution is 7.20. The van der Waals surface area contributed by atoms with Gasteiger partial charge in [-0.25, -0.2) is 4.57 Å². The molecule has 1 heterocycles. The van der Waals surface area contributed by atoms with E-state index in [9.17, 15) is 0 Å². The molecule has 0 atom stereocenters. The van der Waals surface area contributed by atoms with Crippen molar-refractivity contribution in [3.8, 4) is 11.3 Å².